The van der Waals surface area contributed by atoms with Gasteiger partial charge in [-0.15, -0.1) is 10.2 Å². The van der Waals surface area contributed by atoms with E-state index in [9.17, 15) is 4.79 Å². The zero-order valence-corrected chi connectivity index (χ0v) is 17.8. The molecule has 0 aliphatic heterocycles. The quantitative estimate of drug-likeness (QED) is 0.397. The number of hydrogen-bond acceptors (Lipinski definition) is 5. The van der Waals surface area contributed by atoms with E-state index in [4.69, 9.17) is 16.3 Å². The lowest BCUT2D eigenvalue weighted by Crippen LogP contribution is -2.23. The Morgan fingerprint density at radius 2 is 1.77 bits per heavy atom. The van der Waals surface area contributed by atoms with Gasteiger partial charge in [-0.2, -0.15) is 0 Å². The van der Waals surface area contributed by atoms with E-state index < -0.39 is 0 Å². The topological polar surface area (TPSA) is 56.5 Å². The van der Waals surface area contributed by atoms with Crippen molar-refractivity contribution in [3.8, 4) is 17.1 Å². The van der Waals surface area contributed by atoms with Gasteiger partial charge in [-0.05, 0) is 53.6 Å². The molecule has 2 heterocycles. The van der Waals surface area contributed by atoms with Gasteiger partial charge in [-0.1, -0.05) is 65.4 Å². The molecule has 2 aromatic heterocycles. The fourth-order valence-corrected chi connectivity index (χ4v) is 4.27. The SMILES string of the molecule is O=c1/c(=C\c2cccc(OCc3ccccc3)c2)sc2nnc(-c3ccc(Cl)cc3)n12. The van der Waals surface area contributed by atoms with Gasteiger partial charge in [0.1, 0.15) is 12.4 Å². The minimum absolute atomic E-state index is 0.148. The van der Waals surface area contributed by atoms with Crippen LogP contribution >= 0.6 is 22.9 Å². The van der Waals surface area contributed by atoms with Crippen molar-refractivity contribution < 1.29 is 4.74 Å². The Morgan fingerprint density at radius 1 is 0.968 bits per heavy atom. The Hall–Kier alpha value is -3.48. The molecule has 0 unspecified atom stereocenters. The third-order valence-corrected chi connectivity index (χ3v) is 5.97. The average Bonchev–Trinajstić information content (AvgIpc) is 3.34. The van der Waals surface area contributed by atoms with Gasteiger partial charge in [-0.3, -0.25) is 4.79 Å². The molecule has 0 atom stereocenters. The van der Waals surface area contributed by atoms with Crippen LogP contribution in [-0.4, -0.2) is 14.6 Å². The molecule has 0 saturated heterocycles. The Bertz CT molecular complexity index is 1460. The number of aromatic nitrogens is 3. The maximum Gasteiger partial charge on any atom is 0.276 e. The highest BCUT2D eigenvalue weighted by Gasteiger charge is 2.14. The van der Waals surface area contributed by atoms with E-state index in [0.717, 1.165) is 22.4 Å². The van der Waals surface area contributed by atoms with Crippen LogP contribution < -0.4 is 14.8 Å². The third kappa shape index (κ3) is 4.08. The highest BCUT2D eigenvalue weighted by atomic mass is 35.5. The lowest BCUT2D eigenvalue weighted by molar-refractivity contribution is 0.306. The van der Waals surface area contributed by atoms with E-state index in [-0.39, 0.29) is 5.56 Å². The fraction of sp³-hybridized carbons (Fsp3) is 0.0417. The molecular formula is C24H16ClN3O2S. The second kappa shape index (κ2) is 8.34. The second-order valence-corrected chi connectivity index (χ2v) is 8.36. The number of fused-ring (bicyclic) bond motifs is 1. The molecule has 5 nitrogen and oxygen atoms in total. The Balaban J connectivity index is 1.47. The first-order valence-corrected chi connectivity index (χ1v) is 10.8. The van der Waals surface area contributed by atoms with E-state index in [0.29, 0.717) is 26.9 Å². The number of nitrogens with zero attached hydrogens (tertiary/aromatic N) is 3. The van der Waals surface area contributed by atoms with Crippen LogP contribution in [0.4, 0.5) is 0 Å². The molecule has 5 rings (SSSR count). The number of hydrogen-bond donors (Lipinski definition) is 0. The summed E-state index contributed by atoms with van der Waals surface area (Å²) in [6, 6.07) is 24.9. The molecule has 152 valence electrons. The molecule has 0 fully saturated rings. The van der Waals surface area contributed by atoms with Crippen LogP contribution in [-0.2, 0) is 6.61 Å². The fourth-order valence-electron chi connectivity index (χ4n) is 3.23. The van der Waals surface area contributed by atoms with Crippen LogP contribution in [0.5, 0.6) is 5.75 Å². The number of thiazole rings is 1. The van der Waals surface area contributed by atoms with Crippen molar-refractivity contribution in [3.63, 3.8) is 0 Å². The maximum atomic E-state index is 13.1. The number of benzene rings is 3. The summed E-state index contributed by atoms with van der Waals surface area (Å²) in [5.74, 6) is 1.25. The lowest BCUT2D eigenvalue weighted by atomic mass is 10.2. The van der Waals surface area contributed by atoms with Gasteiger partial charge in [-0.25, -0.2) is 4.40 Å². The van der Waals surface area contributed by atoms with E-state index in [1.54, 1.807) is 12.1 Å². The highest BCUT2D eigenvalue weighted by Crippen LogP contribution is 2.20. The van der Waals surface area contributed by atoms with E-state index in [1.165, 1.54) is 15.7 Å². The van der Waals surface area contributed by atoms with Crippen LogP contribution in [0.1, 0.15) is 11.1 Å². The number of halogens is 1. The summed E-state index contributed by atoms with van der Waals surface area (Å²) < 4.78 is 8.02. The Kier molecular flexibility index (Phi) is 5.24. The predicted molar refractivity (Wildman–Crippen MR) is 124 cm³/mol. The molecule has 0 aliphatic carbocycles. The van der Waals surface area contributed by atoms with Crippen LogP contribution in [0.15, 0.2) is 83.7 Å². The monoisotopic (exact) mass is 445 g/mol. The molecule has 0 aliphatic rings. The van der Waals surface area contributed by atoms with Crippen LogP contribution in [0.3, 0.4) is 0 Å². The first-order valence-electron chi connectivity index (χ1n) is 9.60. The van der Waals surface area contributed by atoms with Gasteiger partial charge in [0, 0.05) is 10.6 Å². The average molecular weight is 446 g/mol. The van der Waals surface area contributed by atoms with Crippen LogP contribution in [0.2, 0.25) is 5.02 Å². The summed E-state index contributed by atoms with van der Waals surface area (Å²) in [6.07, 6.45) is 1.85. The summed E-state index contributed by atoms with van der Waals surface area (Å²) in [5, 5.41) is 8.98. The van der Waals surface area contributed by atoms with E-state index in [2.05, 4.69) is 10.2 Å². The largest absolute Gasteiger partial charge is 0.489 e. The number of ether oxygens (including phenoxy) is 1. The standard InChI is InChI=1S/C24H16ClN3O2S/c25-19-11-9-18(10-12-19)22-26-27-24-28(22)23(29)21(31-24)14-17-7-4-8-20(13-17)30-15-16-5-2-1-3-6-16/h1-14H,15H2/b21-14+. The van der Waals surface area contributed by atoms with Gasteiger partial charge in [0.15, 0.2) is 5.82 Å². The minimum atomic E-state index is -0.148. The maximum absolute atomic E-state index is 13.1. The third-order valence-electron chi connectivity index (χ3n) is 4.76. The summed E-state index contributed by atoms with van der Waals surface area (Å²) in [7, 11) is 0. The number of rotatable bonds is 5. The molecule has 0 radical (unpaired) electrons. The van der Waals surface area contributed by atoms with Crippen molar-refractivity contribution in [3.05, 3.63) is 110 Å². The molecular weight excluding hydrogens is 430 g/mol. The normalized spacial score (nSPS) is 11.8. The minimum Gasteiger partial charge on any atom is -0.489 e. The molecule has 0 N–H and O–H groups in total. The van der Waals surface area contributed by atoms with Crippen molar-refractivity contribution in [2.24, 2.45) is 0 Å². The van der Waals surface area contributed by atoms with Crippen LogP contribution in [0, 0.1) is 0 Å². The smallest absolute Gasteiger partial charge is 0.276 e. The van der Waals surface area contributed by atoms with Gasteiger partial charge in [0.25, 0.3) is 5.56 Å². The van der Waals surface area contributed by atoms with Gasteiger partial charge < -0.3 is 4.74 Å². The summed E-state index contributed by atoms with van der Waals surface area (Å²) >= 11 is 7.28. The summed E-state index contributed by atoms with van der Waals surface area (Å²) in [6.45, 7) is 0.486. The molecule has 7 heteroatoms. The van der Waals surface area contributed by atoms with Gasteiger partial charge >= 0.3 is 0 Å². The van der Waals surface area contributed by atoms with Crippen molar-refractivity contribution >= 4 is 34.0 Å². The van der Waals surface area contributed by atoms with Crippen LogP contribution in [0.25, 0.3) is 22.4 Å². The van der Waals surface area contributed by atoms with Crippen molar-refractivity contribution in [1.82, 2.24) is 14.6 Å². The summed E-state index contributed by atoms with van der Waals surface area (Å²) in [5.41, 5.74) is 2.62. The van der Waals surface area contributed by atoms with Gasteiger partial charge in [0.05, 0.1) is 4.53 Å². The molecule has 5 aromatic rings. The highest BCUT2D eigenvalue weighted by molar-refractivity contribution is 7.15. The molecule has 31 heavy (non-hydrogen) atoms. The van der Waals surface area contributed by atoms with E-state index in [1.807, 2.05) is 72.8 Å². The van der Waals surface area contributed by atoms with Crippen molar-refractivity contribution in [2.75, 3.05) is 0 Å². The van der Waals surface area contributed by atoms with Crippen molar-refractivity contribution in [2.45, 2.75) is 6.61 Å². The van der Waals surface area contributed by atoms with Crippen molar-refractivity contribution in [1.29, 1.82) is 0 Å². The molecule has 0 amide bonds. The summed E-state index contributed by atoms with van der Waals surface area (Å²) in [4.78, 5) is 13.6. The zero-order valence-electron chi connectivity index (χ0n) is 16.2. The zero-order chi connectivity index (χ0) is 21.2. The molecule has 0 bridgehead atoms. The van der Waals surface area contributed by atoms with E-state index >= 15 is 0 Å². The van der Waals surface area contributed by atoms with Gasteiger partial charge in [0.2, 0.25) is 4.96 Å². The first-order chi connectivity index (χ1) is 15.2. The lowest BCUT2D eigenvalue weighted by Gasteiger charge is -2.06. The molecule has 0 saturated carbocycles. The molecule has 0 spiro atoms. The Labute approximate surface area is 186 Å². The first kappa shape index (κ1) is 19.5. The molecule has 3 aromatic carbocycles. The second-order valence-electron chi connectivity index (χ2n) is 6.91. The predicted octanol–water partition coefficient (Wildman–Crippen LogP) is 4.60. The Morgan fingerprint density at radius 3 is 2.58 bits per heavy atom.